The normalized spacial score (nSPS) is 17.7. The van der Waals surface area contributed by atoms with E-state index in [1.165, 1.54) is 5.56 Å². The monoisotopic (exact) mass is 759 g/mol. The Kier molecular flexibility index (Phi) is 10.7. The van der Waals surface area contributed by atoms with Crippen molar-refractivity contribution in [3.05, 3.63) is 102 Å². The second-order valence-electron chi connectivity index (χ2n) is 14.5. The number of carbonyl (C=O) groups excluding carboxylic acids is 3. The minimum atomic E-state index is -0.600. The molecule has 5 aromatic rings. The van der Waals surface area contributed by atoms with E-state index in [9.17, 15) is 19.5 Å². The standard InChI is InChI=1S/C43H45N5O6S/c1-28-3-5-29(6-4-28)41-40(36-14-8-32(49)26-38(36)55-41)54-34-11-9-33(10-12-34)53-24-23-47-21-19-46(20-22-47)18-2-17-44-31-7-13-35-30(25-31)27-48(43(35)52)37-15-16-39(50)45-42(37)51/h3-14,25-26,37,44,49H,2,15-24,27H2,1H3,(H,45,50,51). The van der Waals surface area contributed by atoms with Gasteiger partial charge in [0.1, 0.15) is 29.9 Å². The van der Waals surface area contributed by atoms with Crippen LogP contribution < -0.4 is 20.1 Å². The van der Waals surface area contributed by atoms with E-state index in [-0.39, 0.29) is 29.9 Å². The van der Waals surface area contributed by atoms with Gasteiger partial charge in [-0.05, 0) is 98.1 Å². The number of anilines is 1. The van der Waals surface area contributed by atoms with Crippen LogP contribution in [0.2, 0.25) is 0 Å². The number of aryl methyl sites for hydroxylation is 1. The SMILES string of the molecule is Cc1ccc(-c2sc3cc(O)ccc3c2Oc2ccc(OCCN3CCN(CCCNc4ccc5c(c4)CN(C4CCC(=O)NC4=O)C5=O)CC3)cc2)cc1. The van der Waals surface area contributed by atoms with Gasteiger partial charge in [-0.1, -0.05) is 29.8 Å². The van der Waals surface area contributed by atoms with E-state index in [2.05, 4.69) is 51.6 Å². The van der Waals surface area contributed by atoms with Crippen LogP contribution in [0, 0.1) is 6.92 Å². The van der Waals surface area contributed by atoms with Crippen molar-refractivity contribution in [2.45, 2.75) is 38.8 Å². The number of piperidine rings is 1. The number of phenolic OH excluding ortho intramolecular Hbond substituents is 1. The maximum atomic E-state index is 13.0. The molecule has 0 radical (unpaired) electrons. The van der Waals surface area contributed by atoms with Crippen molar-refractivity contribution in [2.24, 2.45) is 0 Å². The minimum absolute atomic E-state index is 0.151. The lowest BCUT2D eigenvalue weighted by Gasteiger charge is -2.34. The number of nitrogens with zero attached hydrogens (tertiary/aromatic N) is 3. The van der Waals surface area contributed by atoms with Crippen molar-refractivity contribution in [1.82, 2.24) is 20.0 Å². The highest BCUT2D eigenvalue weighted by Crippen LogP contribution is 2.47. The largest absolute Gasteiger partial charge is 0.508 e. The molecule has 0 spiro atoms. The molecule has 1 aromatic heterocycles. The molecule has 1 atom stereocenters. The number of hydrogen-bond acceptors (Lipinski definition) is 10. The predicted molar refractivity (Wildman–Crippen MR) is 214 cm³/mol. The third-order valence-electron chi connectivity index (χ3n) is 10.6. The van der Waals surface area contributed by atoms with E-state index < -0.39 is 6.04 Å². The molecule has 1 unspecified atom stereocenters. The quantitative estimate of drug-likeness (QED) is 0.0897. The van der Waals surface area contributed by atoms with Gasteiger partial charge in [-0.2, -0.15) is 0 Å². The van der Waals surface area contributed by atoms with Gasteiger partial charge in [-0.3, -0.25) is 24.6 Å². The molecule has 4 heterocycles. The summed E-state index contributed by atoms with van der Waals surface area (Å²) in [6, 6.07) is 26.7. The summed E-state index contributed by atoms with van der Waals surface area (Å²) in [6.45, 7) is 9.80. The Hall–Kier alpha value is -5.43. The van der Waals surface area contributed by atoms with Gasteiger partial charge in [-0.15, -0.1) is 11.3 Å². The van der Waals surface area contributed by atoms with Crippen molar-refractivity contribution in [2.75, 3.05) is 57.7 Å². The van der Waals surface area contributed by atoms with Crippen molar-refractivity contribution in [3.63, 3.8) is 0 Å². The van der Waals surface area contributed by atoms with Crippen LogP contribution in [0.5, 0.6) is 23.0 Å². The number of carbonyl (C=O) groups is 3. The molecule has 3 aliphatic heterocycles. The van der Waals surface area contributed by atoms with Crippen LogP contribution in [-0.4, -0.2) is 96.0 Å². The molecular weight excluding hydrogens is 715 g/mol. The molecule has 3 aliphatic rings. The number of imide groups is 1. The molecule has 2 fully saturated rings. The number of hydrogen-bond donors (Lipinski definition) is 3. The van der Waals surface area contributed by atoms with Crippen LogP contribution >= 0.6 is 11.3 Å². The second kappa shape index (κ2) is 16.1. The maximum absolute atomic E-state index is 13.0. The lowest BCUT2D eigenvalue weighted by Crippen LogP contribution is -2.52. The van der Waals surface area contributed by atoms with Crippen LogP contribution in [0.1, 0.15) is 40.7 Å². The van der Waals surface area contributed by atoms with Crippen LogP contribution in [-0.2, 0) is 16.1 Å². The number of ether oxygens (including phenoxy) is 2. The first-order valence-corrected chi connectivity index (χ1v) is 19.8. The van der Waals surface area contributed by atoms with Crippen LogP contribution in [0.3, 0.4) is 0 Å². The number of fused-ring (bicyclic) bond motifs is 2. The number of nitrogens with one attached hydrogen (secondary N) is 2. The van der Waals surface area contributed by atoms with E-state index >= 15 is 0 Å². The van der Waals surface area contributed by atoms with Crippen LogP contribution in [0.25, 0.3) is 20.5 Å². The Labute approximate surface area is 324 Å². The van der Waals surface area contributed by atoms with Gasteiger partial charge in [0.05, 0.1) is 4.88 Å². The van der Waals surface area contributed by atoms with Crippen LogP contribution in [0.15, 0.2) is 84.9 Å². The van der Waals surface area contributed by atoms with E-state index in [4.69, 9.17) is 9.47 Å². The fraction of sp³-hybridized carbons (Fsp3) is 0.326. The highest BCUT2D eigenvalue weighted by molar-refractivity contribution is 7.22. The second-order valence-corrected chi connectivity index (χ2v) is 15.5. The molecule has 8 rings (SSSR count). The highest BCUT2D eigenvalue weighted by atomic mass is 32.1. The molecule has 2 saturated heterocycles. The average Bonchev–Trinajstić information content (AvgIpc) is 3.70. The lowest BCUT2D eigenvalue weighted by atomic mass is 10.0. The van der Waals surface area contributed by atoms with Crippen molar-refractivity contribution in [3.8, 4) is 33.4 Å². The molecule has 4 aromatic carbocycles. The number of rotatable bonds is 13. The number of piperazine rings is 1. The molecule has 3 amide bonds. The van der Waals surface area contributed by atoms with Gasteiger partial charge >= 0.3 is 0 Å². The van der Waals surface area contributed by atoms with Crippen LogP contribution in [0.4, 0.5) is 5.69 Å². The van der Waals surface area contributed by atoms with E-state index in [0.717, 1.165) is 101 Å². The highest BCUT2D eigenvalue weighted by Gasteiger charge is 2.39. The zero-order valence-electron chi connectivity index (χ0n) is 30.9. The summed E-state index contributed by atoms with van der Waals surface area (Å²) in [7, 11) is 0. The van der Waals surface area contributed by atoms with Gasteiger partial charge < -0.3 is 29.7 Å². The topological polar surface area (TPSA) is 124 Å². The summed E-state index contributed by atoms with van der Waals surface area (Å²) >= 11 is 1.61. The third-order valence-corrected chi connectivity index (χ3v) is 11.8. The van der Waals surface area contributed by atoms with Gasteiger partial charge in [-0.25, -0.2) is 0 Å². The number of benzene rings is 4. The Morgan fingerprint density at radius 2 is 1.62 bits per heavy atom. The zero-order valence-corrected chi connectivity index (χ0v) is 31.7. The number of amides is 3. The Morgan fingerprint density at radius 1 is 0.873 bits per heavy atom. The minimum Gasteiger partial charge on any atom is -0.508 e. The first kappa shape index (κ1) is 36.5. The van der Waals surface area contributed by atoms with Crippen molar-refractivity contribution in [1.29, 1.82) is 0 Å². The summed E-state index contributed by atoms with van der Waals surface area (Å²) in [5, 5.41) is 16.9. The van der Waals surface area contributed by atoms with E-state index in [0.29, 0.717) is 25.1 Å². The van der Waals surface area contributed by atoms with E-state index in [1.807, 2.05) is 48.5 Å². The Morgan fingerprint density at radius 3 is 2.38 bits per heavy atom. The summed E-state index contributed by atoms with van der Waals surface area (Å²) in [5.74, 6) is 1.73. The molecule has 11 nitrogen and oxygen atoms in total. The predicted octanol–water partition coefficient (Wildman–Crippen LogP) is 6.63. The molecule has 284 valence electrons. The molecule has 3 N–H and O–H groups in total. The fourth-order valence-electron chi connectivity index (χ4n) is 7.53. The van der Waals surface area contributed by atoms with Gasteiger partial charge in [0.15, 0.2) is 5.75 Å². The first-order chi connectivity index (χ1) is 26.8. The number of thiophene rings is 1. The number of aromatic hydroxyl groups is 1. The van der Waals surface area contributed by atoms with Gasteiger partial charge in [0, 0.05) is 73.6 Å². The maximum Gasteiger partial charge on any atom is 0.255 e. The fourth-order valence-corrected chi connectivity index (χ4v) is 8.70. The van der Waals surface area contributed by atoms with Crippen molar-refractivity contribution < 1.29 is 29.0 Å². The van der Waals surface area contributed by atoms with Gasteiger partial charge in [0.2, 0.25) is 11.8 Å². The summed E-state index contributed by atoms with van der Waals surface area (Å²) < 4.78 is 13.6. The molecule has 55 heavy (non-hydrogen) atoms. The number of phenols is 1. The first-order valence-electron chi connectivity index (χ1n) is 19.0. The Bertz CT molecular complexity index is 2200. The zero-order chi connectivity index (χ0) is 37.9. The smallest absolute Gasteiger partial charge is 0.255 e. The average molecular weight is 760 g/mol. The Balaban J connectivity index is 0.750. The van der Waals surface area contributed by atoms with Crippen molar-refractivity contribution >= 4 is 44.8 Å². The summed E-state index contributed by atoms with van der Waals surface area (Å²) in [4.78, 5) is 44.4. The molecule has 0 saturated carbocycles. The molecule has 0 aliphatic carbocycles. The molecule has 0 bridgehead atoms. The lowest BCUT2D eigenvalue weighted by molar-refractivity contribution is -0.136. The van der Waals surface area contributed by atoms with Gasteiger partial charge in [0.25, 0.3) is 5.91 Å². The summed E-state index contributed by atoms with van der Waals surface area (Å²) in [5.41, 5.74) is 4.77. The third kappa shape index (κ3) is 8.31. The summed E-state index contributed by atoms with van der Waals surface area (Å²) in [6.07, 6.45) is 1.62. The van der Waals surface area contributed by atoms with E-state index in [1.54, 1.807) is 28.4 Å². The molecule has 12 heteroatoms. The molecular formula is C43H45N5O6S.